The van der Waals surface area contributed by atoms with Crippen molar-refractivity contribution in [2.75, 3.05) is 31.1 Å². The summed E-state index contributed by atoms with van der Waals surface area (Å²) >= 11 is 2.06. The third kappa shape index (κ3) is 3.50. The van der Waals surface area contributed by atoms with Crippen LogP contribution in [0.3, 0.4) is 0 Å². The van der Waals surface area contributed by atoms with Crippen molar-refractivity contribution in [2.24, 2.45) is 5.73 Å². The molecule has 1 aromatic heterocycles. The van der Waals surface area contributed by atoms with Gasteiger partial charge in [0.25, 0.3) is 0 Å². The number of imidazole rings is 1. The number of thioether (sulfide) groups is 1. The Morgan fingerprint density at radius 3 is 3.19 bits per heavy atom. The smallest absolute Gasteiger partial charge is 0.0950 e. The van der Waals surface area contributed by atoms with Gasteiger partial charge in [-0.2, -0.15) is 11.8 Å². The molecule has 0 saturated carbocycles. The van der Waals surface area contributed by atoms with Crippen LogP contribution in [0.1, 0.15) is 12.1 Å². The number of rotatable bonds is 4. The van der Waals surface area contributed by atoms with Gasteiger partial charge in [0.2, 0.25) is 0 Å². The maximum absolute atomic E-state index is 5.51. The van der Waals surface area contributed by atoms with Crippen LogP contribution < -0.4 is 5.73 Å². The first-order valence-electron chi connectivity index (χ1n) is 5.89. The van der Waals surface area contributed by atoms with Gasteiger partial charge in [0, 0.05) is 38.1 Å². The summed E-state index contributed by atoms with van der Waals surface area (Å²) in [5.74, 6) is 2.56. The van der Waals surface area contributed by atoms with Crippen LogP contribution >= 0.6 is 11.8 Å². The first kappa shape index (κ1) is 12.0. The molecule has 4 nitrogen and oxygen atoms in total. The van der Waals surface area contributed by atoms with Gasteiger partial charge in [0.05, 0.1) is 12.0 Å². The van der Waals surface area contributed by atoms with Crippen LogP contribution in [0.2, 0.25) is 0 Å². The van der Waals surface area contributed by atoms with E-state index in [1.54, 1.807) is 0 Å². The highest BCUT2D eigenvalue weighted by molar-refractivity contribution is 7.99. The van der Waals surface area contributed by atoms with Crippen molar-refractivity contribution < 1.29 is 0 Å². The van der Waals surface area contributed by atoms with E-state index < -0.39 is 0 Å². The fraction of sp³-hybridized carbons (Fsp3) is 0.727. The molecular weight excluding hydrogens is 220 g/mol. The van der Waals surface area contributed by atoms with E-state index in [0.29, 0.717) is 6.54 Å². The SMILES string of the molecule is NCCn1cnc(CN2CCCSCC2)c1. The summed E-state index contributed by atoms with van der Waals surface area (Å²) in [6.07, 6.45) is 5.30. The lowest BCUT2D eigenvalue weighted by Gasteiger charge is -2.17. The van der Waals surface area contributed by atoms with Crippen molar-refractivity contribution >= 4 is 11.8 Å². The van der Waals surface area contributed by atoms with Gasteiger partial charge in [0.1, 0.15) is 0 Å². The highest BCUT2D eigenvalue weighted by Gasteiger charge is 2.10. The summed E-state index contributed by atoms with van der Waals surface area (Å²) in [6.45, 7) is 4.92. The summed E-state index contributed by atoms with van der Waals surface area (Å²) in [4.78, 5) is 6.91. The largest absolute Gasteiger partial charge is 0.336 e. The van der Waals surface area contributed by atoms with Gasteiger partial charge in [-0.3, -0.25) is 4.90 Å². The van der Waals surface area contributed by atoms with Gasteiger partial charge in [-0.1, -0.05) is 0 Å². The van der Waals surface area contributed by atoms with Crippen molar-refractivity contribution in [1.82, 2.24) is 14.5 Å². The van der Waals surface area contributed by atoms with Crippen LogP contribution in [0.25, 0.3) is 0 Å². The predicted octanol–water partition coefficient (Wildman–Crippen LogP) is 0.781. The van der Waals surface area contributed by atoms with Crippen molar-refractivity contribution in [2.45, 2.75) is 19.5 Å². The lowest BCUT2D eigenvalue weighted by molar-refractivity contribution is 0.284. The zero-order chi connectivity index (χ0) is 11.2. The second-order valence-corrected chi connectivity index (χ2v) is 5.36. The van der Waals surface area contributed by atoms with Crippen LogP contribution in [0, 0.1) is 0 Å². The molecule has 2 heterocycles. The average Bonchev–Trinajstić information content (AvgIpc) is 2.56. The van der Waals surface area contributed by atoms with E-state index in [1.807, 2.05) is 6.33 Å². The summed E-state index contributed by atoms with van der Waals surface area (Å²) in [6, 6.07) is 0. The van der Waals surface area contributed by atoms with Crippen LogP contribution in [0.4, 0.5) is 0 Å². The molecule has 90 valence electrons. The van der Waals surface area contributed by atoms with E-state index in [2.05, 4.69) is 32.4 Å². The van der Waals surface area contributed by atoms with Crippen LogP contribution in [-0.4, -0.2) is 45.6 Å². The topological polar surface area (TPSA) is 47.1 Å². The molecule has 1 aromatic rings. The number of hydrogen-bond acceptors (Lipinski definition) is 4. The molecule has 0 aliphatic carbocycles. The van der Waals surface area contributed by atoms with Crippen LogP contribution in [-0.2, 0) is 13.1 Å². The third-order valence-electron chi connectivity index (χ3n) is 2.77. The quantitative estimate of drug-likeness (QED) is 0.845. The highest BCUT2D eigenvalue weighted by atomic mass is 32.2. The lowest BCUT2D eigenvalue weighted by atomic mass is 10.3. The minimum absolute atomic E-state index is 0.677. The Labute approximate surface area is 101 Å². The minimum atomic E-state index is 0.677. The van der Waals surface area contributed by atoms with E-state index in [1.165, 1.54) is 36.7 Å². The van der Waals surface area contributed by atoms with E-state index in [4.69, 9.17) is 5.73 Å². The second-order valence-electron chi connectivity index (χ2n) is 4.13. The number of nitrogens with zero attached hydrogens (tertiary/aromatic N) is 3. The minimum Gasteiger partial charge on any atom is -0.336 e. The maximum Gasteiger partial charge on any atom is 0.0950 e. The van der Waals surface area contributed by atoms with Crippen LogP contribution in [0.5, 0.6) is 0 Å². The van der Waals surface area contributed by atoms with Crippen LogP contribution in [0.15, 0.2) is 12.5 Å². The molecule has 0 spiro atoms. The summed E-state index contributed by atoms with van der Waals surface area (Å²) in [5, 5.41) is 0. The monoisotopic (exact) mass is 240 g/mol. The zero-order valence-electron chi connectivity index (χ0n) is 9.64. The van der Waals surface area contributed by atoms with Crippen molar-refractivity contribution in [3.8, 4) is 0 Å². The molecule has 2 rings (SSSR count). The highest BCUT2D eigenvalue weighted by Crippen LogP contribution is 2.12. The Balaban J connectivity index is 1.86. The molecule has 1 aliphatic rings. The molecule has 1 aliphatic heterocycles. The average molecular weight is 240 g/mol. The molecule has 0 amide bonds. The first-order chi connectivity index (χ1) is 7.88. The van der Waals surface area contributed by atoms with Crippen molar-refractivity contribution in [3.63, 3.8) is 0 Å². The molecule has 1 saturated heterocycles. The van der Waals surface area contributed by atoms with E-state index in [9.17, 15) is 0 Å². The van der Waals surface area contributed by atoms with Crippen molar-refractivity contribution in [1.29, 1.82) is 0 Å². The third-order valence-corrected chi connectivity index (χ3v) is 3.82. The summed E-state index contributed by atoms with van der Waals surface area (Å²) < 4.78 is 2.07. The van der Waals surface area contributed by atoms with Gasteiger partial charge >= 0.3 is 0 Å². The molecule has 5 heteroatoms. The number of nitrogens with two attached hydrogens (primary N) is 1. The molecule has 0 bridgehead atoms. The Kier molecular flexibility index (Phi) is 4.69. The van der Waals surface area contributed by atoms with Gasteiger partial charge in [-0.15, -0.1) is 0 Å². The Bertz CT molecular complexity index is 305. The van der Waals surface area contributed by atoms with E-state index in [0.717, 1.165) is 13.1 Å². The fourth-order valence-electron chi connectivity index (χ4n) is 1.94. The molecule has 0 atom stereocenters. The van der Waals surface area contributed by atoms with Crippen molar-refractivity contribution in [3.05, 3.63) is 18.2 Å². The lowest BCUT2D eigenvalue weighted by Crippen LogP contribution is -2.25. The Morgan fingerprint density at radius 1 is 1.38 bits per heavy atom. The fourth-order valence-corrected chi connectivity index (χ4v) is 2.87. The first-order valence-corrected chi connectivity index (χ1v) is 7.05. The summed E-state index contributed by atoms with van der Waals surface area (Å²) in [5.41, 5.74) is 6.68. The molecule has 0 aromatic carbocycles. The Morgan fingerprint density at radius 2 is 2.31 bits per heavy atom. The number of aromatic nitrogens is 2. The van der Waals surface area contributed by atoms with Gasteiger partial charge in [-0.25, -0.2) is 4.98 Å². The van der Waals surface area contributed by atoms with E-state index >= 15 is 0 Å². The maximum atomic E-state index is 5.51. The summed E-state index contributed by atoms with van der Waals surface area (Å²) in [7, 11) is 0. The standard InChI is InChI=1S/C11H20N4S/c12-2-4-15-9-11(13-10-15)8-14-3-1-6-16-7-5-14/h9-10H,1-8,12H2. The molecule has 0 radical (unpaired) electrons. The Hall–Kier alpha value is -0.520. The molecule has 2 N–H and O–H groups in total. The molecule has 16 heavy (non-hydrogen) atoms. The van der Waals surface area contributed by atoms with Gasteiger partial charge in [-0.05, 0) is 18.7 Å². The van der Waals surface area contributed by atoms with Gasteiger partial charge in [0.15, 0.2) is 0 Å². The predicted molar refractivity (Wildman–Crippen MR) is 68.5 cm³/mol. The zero-order valence-corrected chi connectivity index (χ0v) is 10.5. The molecular formula is C11H20N4S. The second kappa shape index (κ2) is 6.27. The van der Waals surface area contributed by atoms with E-state index in [-0.39, 0.29) is 0 Å². The molecule has 0 unspecified atom stereocenters. The van der Waals surface area contributed by atoms with Gasteiger partial charge < -0.3 is 10.3 Å². The molecule has 1 fully saturated rings. The normalized spacial score (nSPS) is 18.6. The number of hydrogen-bond donors (Lipinski definition) is 1.